The Kier molecular flexibility index (Phi) is 6.27. The number of benzene rings is 1. The number of hydrogen-bond acceptors (Lipinski definition) is 2. The van der Waals surface area contributed by atoms with E-state index >= 15 is 0 Å². The van der Waals surface area contributed by atoms with Crippen LogP contribution in [0.1, 0.15) is 11.3 Å². The summed E-state index contributed by atoms with van der Waals surface area (Å²) in [6, 6.07) is 5.40. The molecule has 1 heterocycles. The van der Waals surface area contributed by atoms with Gasteiger partial charge in [-0.15, -0.1) is 0 Å². The quantitative estimate of drug-likeness (QED) is 0.571. The Bertz CT molecular complexity index is 738. The lowest BCUT2D eigenvalue weighted by molar-refractivity contribution is -0.141. The van der Waals surface area contributed by atoms with E-state index in [0.29, 0.717) is 12.2 Å². The van der Waals surface area contributed by atoms with Crippen molar-refractivity contribution in [2.45, 2.75) is 19.8 Å². The van der Waals surface area contributed by atoms with Gasteiger partial charge in [-0.1, -0.05) is 15.9 Å². The van der Waals surface area contributed by atoms with Gasteiger partial charge in [0.15, 0.2) is 5.69 Å². The third-order valence-electron chi connectivity index (χ3n) is 3.57. The Morgan fingerprint density at radius 1 is 1.24 bits per heavy atom. The SMILES string of the molecule is Cc1cc(Br)ccc1-c1nc(C(F)(F)F)cn1COCCS(C)(C)C. The van der Waals surface area contributed by atoms with Crippen LogP contribution in [0, 0.1) is 6.92 Å². The molecule has 0 N–H and O–H groups in total. The molecule has 0 bridgehead atoms. The Balaban J connectivity index is 2.29. The summed E-state index contributed by atoms with van der Waals surface area (Å²) in [5, 5.41) is 0. The highest BCUT2D eigenvalue weighted by Gasteiger charge is 2.35. The lowest BCUT2D eigenvalue weighted by atomic mass is 10.1. The van der Waals surface area contributed by atoms with E-state index in [2.05, 4.69) is 39.7 Å². The van der Waals surface area contributed by atoms with E-state index in [1.165, 1.54) is 4.57 Å². The first-order valence-corrected chi connectivity index (χ1v) is 11.4. The Morgan fingerprint density at radius 3 is 2.48 bits per heavy atom. The standard InChI is InChI=1S/C17H22BrF3N2OS/c1-12-9-13(18)5-6-14(12)16-22-15(17(19,20)21)10-23(16)11-24-7-8-25(2,3)4/h5-6,9-10H,7-8,11H2,1-4H3. The lowest BCUT2D eigenvalue weighted by Crippen LogP contribution is -2.10. The van der Waals surface area contributed by atoms with Crippen molar-refractivity contribution in [2.24, 2.45) is 0 Å². The minimum absolute atomic E-state index is 0.0451. The second-order valence-electron chi connectivity index (χ2n) is 6.71. The molecule has 3 nitrogen and oxygen atoms in total. The monoisotopic (exact) mass is 438 g/mol. The maximum Gasteiger partial charge on any atom is 0.434 e. The van der Waals surface area contributed by atoms with Crippen LogP contribution >= 0.6 is 26.0 Å². The van der Waals surface area contributed by atoms with E-state index in [0.717, 1.165) is 22.0 Å². The second-order valence-corrected chi connectivity index (χ2v) is 12.2. The van der Waals surface area contributed by atoms with E-state index in [9.17, 15) is 13.2 Å². The van der Waals surface area contributed by atoms with E-state index in [1.807, 2.05) is 13.0 Å². The van der Waals surface area contributed by atoms with Gasteiger partial charge in [0.2, 0.25) is 0 Å². The summed E-state index contributed by atoms with van der Waals surface area (Å²) in [5.74, 6) is 1.17. The average Bonchev–Trinajstić information content (AvgIpc) is 2.86. The predicted molar refractivity (Wildman–Crippen MR) is 101 cm³/mol. The summed E-state index contributed by atoms with van der Waals surface area (Å²) in [5.41, 5.74) is 0.590. The number of rotatable bonds is 6. The van der Waals surface area contributed by atoms with E-state index in [1.54, 1.807) is 12.1 Å². The number of halogens is 4. The zero-order valence-corrected chi connectivity index (χ0v) is 17.1. The molecule has 0 spiro atoms. The van der Waals surface area contributed by atoms with Crippen LogP contribution in [0.4, 0.5) is 13.2 Å². The fourth-order valence-corrected chi connectivity index (χ4v) is 3.31. The van der Waals surface area contributed by atoms with E-state index in [-0.39, 0.29) is 12.6 Å². The molecule has 0 aliphatic heterocycles. The minimum atomic E-state index is -4.49. The fourth-order valence-electron chi connectivity index (χ4n) is 2.22. The maximum atomic E-state index is 13.1. The highest BCUT2D eigenvalue weighted by atomic mass is 79.9. The maximum absolute atomic E-state index is 13.1. The average molecular weight is 439 g/mol. The molecule has 0 saturated carbocycles. The van der Waals surface area contributed by atoms with Crippen LogP contribution in [0.25, 0.3) is 11.4 Å². The third-order valence-corrected chi connectivity index (χ3v) is 5.45. The smallest absolute Gasteiger partial charge is 0.360 e. The Hall–Kier alpha value is -0.990. The predicted octanol–water partition coefficient (Wildman–Crippen LogP) is 5.31. The van der Waals surface area contributed by atoms with Crippen molar-refractivity contribution in [3.63, 3.8) is 0 Å². The number of ether oxygens (including phenoxy) is 1. The molecule has 1 aromatic heterocycles. The molecule has 0 unspecified atom stereocenters. The number of imidazole rings is 1. The number of nitrogens with zero attached hydrogens (tertiary/aromatic N) is 2. The van der Waals surface area contributed by atoms with Gasteiger partial charge in [-0.3, -0.25) is 0 Å². The lowest BCUT2D eigenvalue weighted by Gasteiger charge is -2.24. The summed E-state index contributed by atoms with van der Waals surface area (Å²) in [6.45, 7) is 2.40. The first kappa shape index (κ1) is 20.3. The molecule has 0 fully saturated rings. The minimum Gasteiger partial charge on any atom is -0.360 e. The summed E-state index contributed by atoms with van der Waals surface area (Å²) < 4.78 is 47.2. The largest absolute Gasteiger partial charge is 0.434 e. The van der Waals surface area contributed by atoms with Crippen LogP contribution in [0.5, 0.6) is 0 Å². The molecule has 1 aromatic carbocycles. The first-order chi connectivity index (χ1) is 11.5. The molecule has 0 saturated heterocycles. The molecule has 0 aliphatic carbocycles. The summed E-state index contributed by atoms with van der Waals surface area (Å²) >= 11 is 3.36. The van der Waals surface area contributed by atoms with Crippen LogP contribution in [-0.2, 0) is 17.6 Å². The van der Waals surface area contributed by atoms with E-state index < -0.39 is 21.9 Å². The van der Waals surface area contributed by atoms with E-state index in [4.69, 9.17) is 4.74 Å². The van der Waals surface area contributed by atoms with Crippen molar-refractivity contribution in [1.82, 2.24) is 9.55 Å². The van der Waals surface area contributed by atoms with Gasteiger partial charge in [0.05, 0.1) is 6.61 Å². The number of hydrogen-bond donors (Lipinski definition) is 0. The van der Waals surface area contributed by atoms with Gasteiger partial charge in [0.25, 0.3) is 0 Å². The molecular weight excluding hydrogens is 417 g/mol. The highest BCUT2D eigenvalue weighted by molar-refractivity contribution is 9.10. The van der Waals surface area contributed by atoms with Gasteiger partial charge in [-0.2, -0.15) is 13.2 Å². The van der Waals surface area contributed by atoms with Crippen molar-refractivity contribution in [1.29, 1.82) is 0 Å². The summed E-state index contributed by atoms with van der Waals surface area (Å²) in [6.07, 6.45) is 3.05. The van der Waals surface area contributed by atoms with Crippen LogP contribution in [0.3, 0.4) is 0 Å². The molecule has 0 aliphatic rings. The van der Waals surface area contributed by atoms with Gasteiger partial charge < -0.3 is 9.30 Å². The fraction of sp³-hybridized carbons (Fsp3) is 0.471. The Morgan fingerprint density at radius 2 is 1.92 bits per heavy atom. The third kappa shape index (κ3) is 5.76. The molecule has 140 valence electrons. The molecule has 0 radical (unpaired) electrons. The molecule has 2 rings (SSSR count). The topological polar surface area (TPSA) is 27.1 Å². The molecule has 25 heavy (non-hydrogen) atoms. The van der Waals surface area contributed by atoms with Crippen LogP contribution in [0.2, 0.25) is 0 Å². The van der Waals surface area contributed by atoms with Crippen molar-refractivity contribution in [3.05, 3.63) is 40.1 Å². The zero-order valence-electron chi connectivity index (χ0n) is 14.7. The van der Waals surface area contributed by atoms with Crippen molar-refractivity contribution < 1.29 is 17.9 Å². The Labute approximate surface area is 156 Å². The van der Waals surface area contributed by atoms with Crippen LogP contribution < -0.4 is 0 Å². The molecule has 2 aromatic rings. The number of aryl methyl sites for hydroxylation is 1. The highest BCUT2D eigenvalue weighted by Crippen LogP contribution is 2.34. The van der Waals surface area contributed by atoms with Gasteiger partial charge in [-0.25, -0.2) is 15.0 Å². The first-order valence-electron chi connectivity index (χ1n) is 7.62. The normalized spacial score (nSPS) is 13.3. The number of alkyl halides is 3. The van der Waals surface area contributed by atoms with Crippen LogP contribution in [-0.4, -0.2) is 40.7 Å². The molecular formula is C17H22BrF3N2OS. The molecule has 0 amide bonds. The van der Waals surface area contributed by atoms with Gasteiger partial charge in [0, 0.05) is 22.0 Å². The van der Waals surface area contributed by atoms with Crippen molar-refractivity contribution in [3.8, 4) is 11.4 Å². The van der Waals surface area contributed by atoms with Crippen molar-refractivity contribution >= 4 is 26.0 Å². The molecule has 0 atom stereocenters. The summed E-state index contributed by atoms with van der Waals surface area (Å²) in [4.78, 5) is 3.82. The second kappa shape index (κ2) is 7.72. The zero-order chi connectivity index (χ0) is 18.8. The summed E-state index contributed by atoms with van der Waals surface area (Å²) in [7, 11) is -0.705. The molecule has 8 heteroatoms. The van der Waals surface area contributed by atoms with Gasteiger partial charge in [0.1, 0.15) is 12.6 Å². The van der Waals surface area contributed by atoms with Crippen LogP contribution in [0.15, 0.2) is 28.9 Å². The van der Waals surface area contributed by atoms with Gasteiger partial charge >= 0.3 is 6.18 Å². The van der Waals surface area contributed by atoms with Crippen molar-refractivity contribution in [2.75, 3.05) is 31.1 Å². The van der Waals surface area contributed by atoms with Gasteiger partial charge in [-0.05, 0) is 49.5 Å². The number of aromatic nitrogens is 2.